The summed E-state index contributed by atoms with van der Waals surface area (Å²) >= 11 is 1.28. The van der Waals surface area contributed by atoms with E-state index in [0.717, 1.165) is 37.0 Å². The Balaban J connectivity index is 1.83. The van der Waals surface area contributed by atoms with Gasteiger partial charge in [-0.25, -0.2) is 9.48 Å². The van der Waals surface area contributed by atoms with Gasteiger partial charge >= 0.3 is 11.7 Å². The van der Waals surface area contributed by atoms with Crippen LogP contribution in [0, 0.1) is 0 Å². The maximum Gasteiger partial charge on any atom is 0.347 e. The van der Waals surface area contributed by atoms with E-state index in [1.165, 1.54) is 21.0 Å². The molecule has 0 radical (unpaired) electrons. The van der Waals surface area contributed by atoms with Crippen LogP contribution < -0.4 is 21.3 Å². The Hall–Kier alpha value is -2.75. The monoisotopic (exact) mass is 492 g/mol. The Morgan fingerprint density at radius 3 is 2.44 bits per heavy atom. The molecule has 0 spiro atoms. The zero-order valence-corrected chi connectivity index (χ0v) is 21.3. The molecule has 34 heavy (non-hydrogen) atoms. The van der Waals surface area contributed by atoms with Crippen LogP contribution >= 0.6 is 11.8 Å². The van der Waals surface area contributed by atoms with Gasteiger partial charge in [-0.2, -0.15) is 0 Å². The highest BCUT2D eigenvalue weighted by Gasteiger charge is 2.28. The van der Waals surface area contributed by atoms with Gasteiger partial charge in [0.1, 0.15) is 10.5 Å². The average Bonchev–Trinajstić information content (AvgIpc) is 2.79. The summed E-state index contributed by atoms with van der Waals surface area (Å²) in [7, 11) is 1.54. The number of aliphatic carboxylic acids is 1. The number of carboxylic acid groups (broad SMARTS) is 1. The maximum absolute atomic E-state index is 12.7. The predicted molar refractivity (Wildman–Crippen MR) is 135 cm³/mol. The average molecular weight is 493 g/mol. The molecule has 2 aromatic rings. The van der Waals surface area contributed by atoms with E-state index in [2.05, 4.69) is 17.3 Å². The van der Waals surface area contributed by atoms with Crippen molar-refractivity contribution in [1.82, 2.24) is 14.3 Å². The van der Waals surface area contributed by atoms with E-state index in [0.29, 0.717) is 31.9 Å². The number of ether oxygens (including phenoxy) is 1. The maximum atomic E-state index is 12.7. The van der Waals surface area contributed by atoms with E-state index in [9.17, 15) is 19.5 Å². The molecule has 0 fully saturated rings. The molecular formula is C24H36N4O5S. The second-order valence-electron chi connectivity index (χ2n) is 8.64. The van der Waals surface area contributed by atoms with Crippen molar-refractivity contribution in [2.45, 2.75) is 75.5 Å². The van der Waals surface area contributed by atoms with Crippen molar-refractivity contribution >= 4 is 23.5 Å². The molecule has 0 saturated heterocycles. The van der Waals surface area contributed by atoms with Crippen LogP contribution in [0.1, 0.15) is 59.3 Å². The quantitative estimate of drug-likeness (QED) is 0.285. The number of anilines is 1. The number of unbranched alkanes of at least 4 members (excludes halogenated alkanes) is 4. The Kier molecular flexibility index (Phi) is 10.7. The number of hydrogen-bond donors (Lipinski definition) is 2. The first-order chi connectivity index (χ1) is 16.2. The fraction of sp³-hybridized carbons (Fsp3) is 0.583. The van der Waals surface area contributed by atoms with Crippen LogP contribution in [0.15, 0.2) is 38.8 Å². The lowest BCUT2D eigenvalue weighted by Crippen LogP contribution is -2.42. The SMILES string of the molecule is CCCCCCCn1c(=O)c(NCCCOc2ccc(SC(C)(C)C(=O)O)cc2)nn(C)c1=O. The summed E-state index contributed by atoms with van der Waals surface area (Å²) < 4.78 is 7.27. The number of aromatic nitrogens is 3. The molecule has 0 saturated carbocycles. The molecule has 0 atom stereocenters. The first kappa shape index (κ1) is 27.5. The fourth-order valence-corrected chi connectivity index (χ4v) is 4.17. The van der Waals surface area contributed by atoms with Gasteiger partial charge in [0.15, 0.2) is 0 Å². The minimum Gasteiger partial charge on any atom is -0.494 e. The molecule has 1 aromatic heterocycles. The van der Waals surface area contributed by atoms with E-state index in [-0.39, 0.29) is 5.82 Å². The standard InChI is InChI=1S/C24H36N4O5S/c1-5-6-7-8-9-16-28-21(29)20(26-27(4)23(28)32)25-15-10-17-33-18-11-13-19(14-12-18)34-24(2,3)22(30)31/h11-14H,5-10,15-17H2,1-4H3,(H,25,26)(H,30,31). The second-order valence-corrected chi connectivity index (χ2v) is 10.3. The van der Waals surface area contributed by atoms with Crippen LogP contribution in [0.5, 0.6) is 5.75 Å². The highest BCUT2D eigenvalue weighted by atomic mass is 32.2. The summed E-state index contributed by atoms with van der Waals surface area (Å²) in [4.78, 5) is 37.1. The second kappa shape index (κ2) is 13.2. The minimum absolute atomic E-state index is 0.165. The van der Waals surface area contributed by atoms with Crippen LogP contribution in [0.4, 0.5) is 5.82 Å². The molecular weight excluding hydrogens is 456 g/mol. The van der Waals surface area contributed by atoms with Crippen LogP contribution in [0.25, 0.3) is 0 Å². The summed E-state index contributed by atoms with van der Waals surface area (Å²) in [6.45, 7) is 6.77. The summed E-state index contributed by atoms with van der Waals surface area (Å²) in [6.07, 6.45) is 5.81. The van der Waals surface area contributed by atoms with E-state index < -0.39 is 22.0 Å². The minimum atomic E-state index is -0.906. The third-order valence-electron chi connectivity index (χ3n) is 5.28. The lowest BCUT2D eigenvalue weighted by Gasteiger charge is -2.18. The van der Waals surface area contributed by atoms with Crippen LogP contribution in [0.2, 0.25) is 0 Å². The van der Waals surface area contributed by atoms with Crippen molar-refractivity contribution in [3.63, 3.8) is 0 Å². The molecule has 2 N–H and O–H groups in total. The summed E-state index contributed by atoms with van der Waals surface area (Å²) in [5, 5.41) is 16.3. The topological polar surface area (TPSA) is 115 Å². The van der Waals surface area contributed by atoms with Gasteiger partial charge in [0, 0.05) is 25.0 Å². The van der Waals surface area contributed by atoms with Gasteiger partial charge in [-0.15, -0.1) is 16.9 Å². The van der Waals surface area contributed by atoms with Crippen molar-refractivity contribution in [1.29, 1.82) is 0 Å². The molecule has 2 rings (SSSR count). The third-order valence-corrected chi connectivity index (χ3v) is 6.48. The van der Waals surface area contributed by atoms with Crippen molar-refractivity contribution in [2.75, 3.05) is 18.5 Å². The highest BCUT2D eigenvalue weighted by molar-refractivity contribution is 8.01. The number of benzene rings is 1. The number of thioether (sulfide) groups is 1. The molecule has 0 amide bonds. The number of carboxylic acids is 1. The van der Waals surface area contributed by atoms with Crippen molar-refractivity contribution in [3.8, 4) is 5.75 Å². The number of rotatable bonds is 15. The van der Waals surface area contributed by atoms with E-state index >= 15 is 0 Å². The van der Waals surface area contributed by atoms with E-state index in [4.69, 9.17) is 4.74 Å². The third kappa shape index (κ3) is 8.23. The summed E-state index contributed by atoms with van der Waals surface area (Å²) in [5.74, 6) is -0.0155. The number of carbonyl (C=O) groups is 1. The molecule has 0 aliphatic heterocycles. The van der Waals surface area contributed by atoms with Crippen molar-refractivity contribution < 1.29 is 14.6 Å². The molecule has 1 heterocycles. The molecule has 0 aliphatic carbocycles. The molecule has 1 aromatic carbocycles. The smallest absolute Gasteiger partial charge is 0.347 e. The molecule has 9 nitrogen and oxygen atoms in total. The normalized spacial score (nSPS) is 11.4. The van der Waals surface area contributed by atoms with Crippen LogP contribution in [-0.2, 0) is 18.4 Å². The van der Waals surface area contributed by atoms with E-state index in [1.807, 2.05) is 12.1 Å². The zero-order chi connectivity index (χ0) is 25.1. The summed E-state index contributed by atoms with van der Waals surface area (Å²) in [5.41, 5.74) is -0.792. The van der Waals surface area contributed by atoms with Gasteiger partial charge in [-0.1, -0.05) is 32.6 Å². The molecule has 0 bridgehead atoms. The van der Waals surface area contributed by atoms with Gasteiger partial charge in [0.05, 0.1) is 6.61 Å². The lowest BCUT2D eigenvalue weighted by molar-refractivity contribution is -0.138. The lowest BCUT2D eigenvalue weighted by atomic mass is 10.1. The summed E-state index contributed by atoms with van der Waals surface area (Å²) in [6, 6.07) is 7.28. The Bertz CT molecular complexity index is 1050. The van der Waals surface area contributed by atoms with Crippen LogP contribution in [0.3, 0.4) is 0 Å². The van der Waals surface area contributed by atoms with Gasteiger partial charge in [0.2, 0.25) is 5.82 Å². The number of aryl methyl sites for hydroxylation is 1. The van der Waals surface area contributed by atoms with Gasteiger partial charge in [0.25, 0.3) is 5.56 Å². The predicted octanol–water partition coefficient (Wildman–Crippen LogP) is 3.75. The Morgan fingerprint density at radius 1 is 1.12 bits per heavy atom. The Labute approximate surface area is 204 Å². The van der Waals surface area contributed by atoms with Gasteiger partial charge in [-0.3, -0.25) is 14.2 Å². The molecule has 188 valence electrons. The number of nitrogens with zero attached hydrogens (tertiary/aromatic N) is 3. The first-order valence-electron chi connectivity index (χ1n) is 11.7. The van der Waals surface area contributed by atoms with E-state index in [1.54, 1.807) is 33.0 Å². The zero-order valence-electron chi connectivity index (χ0n) is 20.5. The van der Waals surface area contributed by atoms with Crippen molar-refractivity contribution in [2.24, 2.45) is 7.05 Å². The number of hydrogen-bond acceptors (Lipinski definition) is 7. The Morgan fingerprint density at radius 2 is 1.79 bits per heavy atom. The molecule has 10 heteroatoms. The van der Waals surface area contributed by atoms with Gasteiger partial charge in [-0.05, 0) is 51.0 Å². The van der Waals surface area contributed by atoms with Crippen LogP contribution in [-0.4, -0.2) is 43.3 Å². The molecule has 0 unspecified atom stereocenters. The highest BCUT2D eigenvalue weighted by Crippen LogP contribution is 2.33. The van der Waals surface area contributed by atoms with Crippen molar-refractivity contribution in [3.05, 3.63) is 45.1 Å². The first-order valence-corrected chi connectivity index (χ1v) is 12.5. The van der Waals surface area contributed by atoms with Gasteiger partial charge < -0.3 is 15.2 Å². The molecule has 0 aliphatic rings. The fourth-order valence-electron chi connectivity index (χ4n) is 3.22. The number of nitrogens with one attached hydrogen (secondary N) is 1. The largest absolute Gasteiger partial charge is 0.494 e.